The lowest BCUT2D eigenvalue weighted by molar-refractivity contribution is 0.204. The molecule has 2 rings (SSSR count). The van der Waals surface area contributed by atoms with Crippen LogP contribution in [-0.2, 0) is 0 Å². The maximum absolute atomic E-state index is 5.69. The van der Waals surface area contributed by atoms with Crippen LogP contribution in [0, 0.1) is 5.92 Å². The predicted octanol–water partition coefficient (Wildman–Crippen LogP) is 2.37. The molecule has 0 amide bonds. The van der Waals surface area contributed by atoms with Crippen molar-refractivity contribution in [2.24, 2.45) is 11.7 Å². The topological polar surface area (TPSA) is 29.3 Å². The van der Waals surface area contributed by atoms with Gasteiger partial charge in [-0.15, -0.1) is 0 Å². The van der Waals surface area contributed by atoms with Crippen LogP contribution < -0.4 is 5.73 Å². The van der Waals surface area contributed by atoms with E-state index in [-0.39, 0.29) is 0 Å². The zero-order valence-electron chi connectivity index (χ0n) is 10.4. The highest BCUT2D eigenvalue weighted by atomic mass is 15.1. The third-order valence-electron chi connectivity index (χ3n) is 3.51. The highest BCUT2D eigenvalue weighted by molar-refractivity contribution is 5.48. The zero-order valence-corrected chi connectivity index (χ0v) is 10.4. The predicted molar refractivity (Wildman–Crippen MR) is 73.7 cm³/mol. The van der Waals surface area contributed by atoms with Gasteiger partial charge in [-0.3, -0.25) is 4.90 Å². The number of nitrogens with zero attached hydrogens (tertiary/aromatic N) is 1. The zero-order chi connectivity index (χ0) is 11.9. The summed E-state index contributed by atoms with van der Waals surface area (Å²) in [4.78, 5) is 2.51. The van der Waals surface area contributed by atoms with Gasteiger partial charge >= 0.3 is 0 Å². The second kappa shape index (κ2) is 6.58. The van der Waals surface area contributed by atoms with Crippen molar-refractivity contribution < 1.29 is 0 Å². The molecule has 0 aromatic heterocycles. The first-order chi connectivity index (χ1) is 8.38. The van der Waals surface area contributed by atoms with Crippen molar-refractivity contribution in [3.05, 3.63) is 42.0 Å². The molecule has 0 bridgehead atoms. The molecule has 1 aliphatic rings. The Morgan fingerprint density at radius 2 is 1.88 bits per heavy atom. The quantitative estimate of drug-likeness (QED) is 0.860. The molecule has 2 heteroatoms. The van der Waals surface area contributed by atoms with Gasteiger partial charge in [-0.05, 0) is 44.0 Å². The van der Waals surface area contributed by atoms with E-state index in [4.69, 9.17) is 5.73 Å². The summed E-state index contributed by atoms with van der Waals surface area (Å²) in [7, 11) is 0. The first-order valence-electron chi connectivity index (χ1n) is 6.52. The van der Waals surface area contributed by atoms with E-state index in [2.05, 4.69) is 47.4 Å². The van der Waals surface area contributed by atoms with Crippen molar-refractivity contribution in [3.63, 3.8) is 0 Å². The molecular weight excluding hydrogens is 208 g/mol. The van der Waals surface area contributed by atoms with Crippen LogP contribution in [0.1, 0.15) is 18.4 Å². The van der Waals surface area contributed by atoms with Crippen molar-refractivity contribution in [2.75, 3.05) is 26.2 Å². The number of piperidine rings is 1. The molecule has 0 unspecified atom stereocenters. The molecule has 1 aliphatic heterocycles. The molecule has 1 saturated heterocycles. The summed E-state index contributed by atoms with van der Waals surface area (Å²) in [6, 6.07) is 10.5. The number of hydrogen-bond donors (Lipinski definition) is 1. The van der Waals surface area contributed by atoms with E-state index >= 15 is 0 Å². The highest BCUT2D eigenvalue weighted by Crippen LogP contribution is 2.15. The molecule has 0 aliphatic carbocycles. The van der Waals surface area contributed by atoms with Crippen molar-refractivity contribution in [1.29, 1.82) is 0 Å². The maximum atomic E-state index is 5.69. The summed E-state index contributed by atoms with van der Waals surface area (Å²) in [5.74, 6) is 0.754. The summed E-state index contributed by atoms with van der Waals surface area (Å²) in [6.07, 6.45) is 6.98. The minimum Gasteiger partial charge on any atom is -0.330 e. The fourth-order valence-corrected chi connectivity index (χ4v) is 2.31. The average Bonchev–Trinajstić information content (AvgIpc) is 2.41. The number of rotatable bonds is 4. The standard InChI is InChI=1S/C15H22N2/c16-13-15-8-11-17(12-9-15)10-4-7-14-5-2-1-3-6-14/h1-7,15H,8-13,16H2. The van der Waals surface area contributed by atoms with Gasteiger partial charge < -0.3 is 5.73 Å². The van der Waals surface area contributed by atoms with Crippen LogP contribution in [0.5, 0.6) is 0 Å². The average molecular weight is 230 g/mol. The Balaban J connectivity index is 1.74. The number of nitrogens with two attached hydrogens (primary N) is 1. The van der Waals surface area contributed by atoms with Crippen LogP contribution in [0.25, 0.3) is 6.08 Å². The first-order valence-corrected chi connectivity index (χ1v) is 6.52. The molecule has 0 spiro atoms. The van der Waals surface area contributed by atoms with Gasteiger partial charge in [0.1, 0.15) is 0 Å². The van der Waals surface area contributed by atoms with Crippen LogP contribution in [0.2, 0.25) is 0 Å². The van der Waals surface area contributed by atoms with Crippen LogP contribution in [0.3, 0.4) is 0 Å². The molecular formula is C15H22N2. The Hall–Kier alpha value is -1.12. The molecule has 92 valence electrons. The SMILES string of the molecule is NCC1CCN(CC=Cc2ccccc2)CC1. The first kappa shape index (κ1) is 12.3. The van der Waals surface area contributed by atoms with E-state index in [1.54, 1.807) is 0 Å². The molecule has 1 heterocycles. The third-order valence-corrected chi connectivity index (χ3v) is 3.51. The summed E-state index contributed by atoms with van der Waals surface area (Å²) in [6.45, 7) is 4.31. The number of benzene rings is 1. The minimum absolute atomic E-state index is 0.754. The van der Waals surface area contributed by atoms with Gasteiger partial charge in [0, 0.05) is 6.54 Å². The molecule has 2 N–H and O–H groups in total. The van der Waals surface area contributed by atoms with Crippen LogP contribution >= 0.6 is 0 Å². The smallest absolute Gasteiger partial charge is 0.0166 e. The van der Waals surface area contributed by atoms with Gasteiger partial charge in [-0.25, -0.2) is 0 Å². The fourth-order valence-electron chi connectivity index (χ4n) is 2.31. The Labute approximate surface area is 104 Å². The third kappa shape index (κ3) is 3.99. The molecule has 0 radical (unpaired) electrons. The second-order valence-corrected chi connectivity index (χ2v) is 4.79. The van der Waals surface area contributed by atoms with E-state index < -0.39 is 0 Å². The Morgan fingerprint density at radius 1 is 1.18 bits per heavy atom. The number of likely N-dealkylation sites (tertiary alicyclic amines) is 1. The molecule has 17 heavy (non-hydrogen) atoms. The second-order valence-electron chi connectivity index (χ2n) is 4.79. The van der Waals surface area contributed by atoms with E-state index in [1.807, 2.05) is 0 Å². The van der Waals surface area contributed by atoms with Crippen LogP contribution in [-0.4, -0.2) is 31.1 Å². The van der Waals surface area contributed by atoms with Crippen LogP contribution in [0.4, 0.5) is 0 Å². The van der Waals surface area contributed by atoms with Gasteiger partial charge in [0.15, 0.2) is 0 Å². The summed E-state index contributed by atoms with van der Waals surface area (Å²) >= 11 is 0. The Kier molecular flexibility index (Phi) is 4.77. The Morgan fingerprint density at radius 3 is 2.53 bits per heavy atom. The van der Waals surface area contributed by atoms with Crippen LogP contribution in [0.15, 0.2) is 36.4 Å². The summed E-state index contributed by atoms with van der Waals surface area (Å²) in [5, 5.41) is 0. The van der Waals surface area contributed by atoms with Gasteiger partial charge in [0.25, 0.3) is 0 Å². The lowest BCUT2D eigenvalue weighted by atomic mass is 9.97. The molecule has 1 fully saturated rings. The van der Waals surface area contributed by atoms with Crippen molar-refractivity contribution >= 4 is 6.08 Å². The van der Waals surface area contributed by atoms with Gasteiger partial charge in [-0.2, -0.15) is 0 Å². The van der Waals surface area contributed by atoms with E-state index in [0.29, 0.717) is 0 Å². The lowest BCUT2D eigenvalue weighted by Crippen LogP contribution is -2.36. The monoisotopic (exact) mass is 230 g/mol. The van der Waals surface area contributed by atoms with Gasteiger partial charge in [0.2, 0.25) is 0 Å². The van der Waals surface area contributed by atoms with E-state index in [1.165, 1.54) is 31.5 Å². The largest absolute Gasteiger partial charge is 0.330 e. The summed E-state index contributed by atoms with van der Waals surface area (Å²) < 4.78 is 0. The summed E-state index contributed by atoms with van der Waals surface area (Å²) in [5.41, 5.74) is 6.97. The number of hydrogen-bond acceptors (Lipinski definition) is 2. The molecule has 0 saturated carbocycles. The lowest BCUT2D eigenvalue weighted by Gasteiger charge is -2.30. The fraction of sp³-hybridized carbons (Fsp3) is 0.467. The highest BCUT2D eigenvalue weighted by Gasteiger charge is 2.16. The molecule has 0 atom stereocenters. The minimum atomic E-state index is 0.754. The van der Waals surface area contributed by atoms with E-state index in [0.717, 1.165) is 19.0 Å². The maximum Gasteiger partial charge on any atom is 0.0166 e. The normalized spacial score (nSPS) is 18.9. The Bertz CT molecular complexity index is 337. The van der Waals surface area contributed by atoms with E-state index in [9.17, 15) is 0 Å². The molecule has 1 aromatic carbocycles. The van der Waals surface area contributed by atoms with Gasteiger partial charge in [0.05, 0.1) is 0 Å². The molecule has 1 aromatic rings. The van der Waals surface area contributed by atoms with Crippen molar-refractivity contribution in [3.8, 4) is 0 Å². The van der Waals surface area contributed by atoms with Gasteiger partial charge in [-0.1, -0.05) is 42.5 Å². The van der Waals surface area contributed by atoms with Crippen molar-refractivity contribution in [1.82, 2.24) is 4.90 Å². The van der Waals surface area contributed by atoms with Crippen molar-refractivity contribution in [2.45, 2.75) is 12.8 Å². The molecule has 2 nitrogen and oxygen atoms in total.